The van der Waals surface area contributed by atoms with Gasteiger partial charge in [0.15, 0.2) is 0 Å². The lowest BCUT2D eigenvalue weighted by Crippen LogP contribution is -2.32. The molecule has 38 heavy (non-hydrogen) atoms. The second-order valence-corrected chi connectivity index (χ2v) is 11.3. The van der Waals surface area contributed by atoms with E-state index in [9.17, 15) is 27.8 Å². The molecule has 0 spiro atoms. The molecule has 0 bridgehead atoms. The molecular formula is C27H31ClFN3O5S. The van der Waals surface area contributed by atoms with Gasteiger partial charge in [-0.05, 0) is 59.9 Å². The first-order chi connectivity index (χ1) is 17.9. The van der Waals surface area contributed by atoms with Crippen molar-refractivity contribution in [2.24, 2.45) is 0 Å². The minimum absolute atomic E-state index is 0.00119. The van der Waals surface area contributed by atoms with Gasteiger partial charge >= 0.3 is 0 Å². The summed E-state index contributed by atoms with van der Waals surface area (Å²) < 4.78 is 38.4. The van der Waals surface area contributed by atoms with Crippen molar-refractivity contribution in [2.75, 3.05) is 17.5 Å². The van der Waals surface area contributed by atoms with Crippen LogP contribution in [0.3, 0.4) is 0 Å². The summed E-state index contributed by atoms with van der Waals surface area (Å²) in [6, 6.07) is 15.9. The van der Waals surface area contributed by atoms with Crippen molar-refractivity contribution >= 4 is 33.2 Å². The number of phenols is 1. The van der Waals surface area contributed by atoms with Crippen molar-refractivity contribution in [1.29, 1.82) is 0 Å². The molecule has 3 aromatic rings. The Hall–Kier alpha value is -3.18. The molecule has 3 aromatic carbocycles. The Labute approximate surface area is 226 Å². The van der Waals surface area contributed by atoms with Gasteiger partial charge in [-0.25, -0.2) is 12.8 Å². The predicted molar refractivity (Wildman–Crippen MR) is 146 cm³/mol. The Morgan fingerprint density at radius 3 is 2.53 bits per heavy atom. The number of sulfonamides is 1. The number of nitrogens with one attached hydrogen (secondary N) is 3. The van der Waals surface area contributed by atoms with Gasteiger partial charge in [0.2, 0.25) is 15.9 Å². The van der Waals surface area contributed by atoms with Crippen LogP contribution in [0.2, 0.25) is 5.02 Å². The molecular weight excluding hydrogens is 533 g/mol. The first-order valence-electron chi connectivity index (χ1n) is 11.9. The average Bonchev–Trinajstić information content (AvgIpc) is 2.83. The Balaban J connectivity index is 1.50. The predicted octanol–water partition coefficient (Wildman–Crippen LogP) is 3.67. The molecule has 0 fully saturated rings. The number of carbonyl (C=O) groups excluding carboxylic acids is 1. The van der Waals surface area contributed by atoms with Crippen LogP contribution in [-0.4, -0.2) is 43.4 Å². The van der Waals surface area contributed by atoms with E-state index in [0.29, 0.717) is 17.5 Å². The van der Waals surface area contributed by atoms with E-state index in [1.807, 2.05) is 31.2 Å². The van der Waals surface area contributed by atoms with Crippen molar-refractivity contribution in [3.05, 3.63) is 93.8 Å². The van der Waals surface area contributed by atoms with E-state index in [0.717, 1.165) is 17.4 Å². The molecule has 0 aliphatic heterocycles. The minimum atomic E-state index is -3.58. The monoisotopic (exact) mass is 563 g/mol. The number of aliphatic hydroxyl groups is 1. The molecule has 5 N–H and O–H groups in total. The lowest BCUT2D eigenvalue weighted by Gasteiger charge is -2.19. The summed E-state index contributed by atoms with van der Waals surface area (Å²) in [5.41, 5.74) is 2.93. The van der Waals surface area contributed by atoms with Gasteiger partial charge in [-0.1, -0.05) is 48.0 Å². The number of carbonyl (C=O) groups is 1. The highest BCUT2D eigenvalue weighted by molar-refractivity contribution is 7.92. The number of phenolic OH excluding ortho intramolecular Hbond substituents is 1. The van der Waals surface area contributed by atoms with Crippen LogP contribution in [0.25, 0.3) is 0 Å². The number of anilines is 1. The van der Waals surface area contributed by atoms with Crippen LogP contribution >= 0.6 is 11.6 Å². The third kappa shape index (κ3) is 9.29. The molecule has 0 saturated heterocycles. The number of amides is 1. The van der Waals surface area contributed by atoms with Gasteiger partial charge in [-0.15, -0.1) is 0 Å². The first kappa shape index (κ1) is 29.4. The lowest BCUT2D eigenvalue weighted by molar-refractivity contribution is -0.120. The summed E-state index contributed by atoms with van der Waals surface area (Å²) >= 11 is 6.01. The van der Waals surface area contributed by atoms with Crippen molar-refractivity contribution in [3.8, 4) is 5.75 Å². The fraction of sp³-hybridized carbons (Fsp3) is 0.296. The number of halogens is 2. The molecule has 11 heteroatoms. The molecule has 8 nitrogen and oxygen atoms in total. The highest BCUT2D eigenvalue weighted by atomic mass is 35.5. The summed E-state index contributed by atoms with van der Waals surface area (Å²) in [5.74, 6) is -0.854. The smallest absolute Gasteiger partial charge is 0.229 e. The molecule has 0 aliphatic rings. The van der Waals surface area contributed by atoms with E-state index in [-0.39, 0.29) is 47.9 Å². The molecule has 0 heterocycles. The number of hydrogen-bond donors (Lipinski definition) is 5. The highest BCUT2D eigenvalue weighted by Crippen LogP contribution is 2.27. The number of rotatable bonds is 12. The number of hydrogen-bond acceptors (Lipinski definition) is 6. The van der Waals surface area contributed by atoms with Gasteiger partial charge in [0, 0.05) is 24.2 Å². The topological polar surface area (TPSA) is 128 Å². The summed E-state index contributed by atoms with van der Waals surface area (Å²) in [6.07, 6.45) is 0.870. The van der Waals surface area contributed by atoms with Crippen molar-refractivity contribution in [1.82, 2.24) is 10.6 Å². The van der Waals surface area contributed by atoms with E-state index in [1.54, 1.807) is 0 Å². The number of benzene rings is 3. The van der Waals surface area contributed by atoms with Crippen molar-refractivity contribution < 1.29 is 27.8 Å². The van der Waals surface area contributed by atoms with Gasteiger partial charge < -0.3 is 20.8 Å². The summed E-state index contributed by atoms with van der Waals surface area (Å²) in [4.78, 5) is 12.4. The Morgan fingerprint density at radius 2 is 1.82 bits per heavy atom. The van der Waals surface area contributed by atoms with E-state index in [1.165, 1.54) is 36.4 Å². The SMILES string of the molecule is C[C@H](Cc1cccc(CC(=O)NCc2ccc(F)cc2Cl)c1)NC[C@@H](O)c1ccc(O)c(NS(C)(=O)=O)c1. The maximum absolute atomic E-state index is 13.2. The molecule has 0 saturated carbocycles. The molecule has 0 unspecified atom stereocenters. The van der Waals surface area contributed by atoms with Crippen LogP contribution in [0.5, 0.6) is 5.75 Å². The molecule has 2 atom stereocenters. The molecule has 204 valence electrons. The summed E-state index contributed by atoms with van der Waals surface area (Å²) in [6.45, 7) is 2.37. The maximum Gasteiger partial charge on any atom is 0.229 e. The fourth-order valence-electron chi connectivity index (χ4n) is 3.87. The second-order valence-electron chi connectivity index (χ2n) is 9.19. The fourth-order valence-corrected chi connectivity index (χ4v) is 4.67. The highest BCUT2D eigenvalue weighted by Gasteiger charge is 2.15. The average molecular weight is 564 g/mol. The lowest BCUT2D eigenvalue weighted by atomic mass is 10.0. The van der Waals surface area contributed by atoms with Crippen LogP contribution < -0.4 is 15.4 Å². The molecule has 1 amide bonds. The van der Waals surface area contributed by atoms with Crippen LogP contribution in [0.15, 0.2) is 60.7 Å². The Morgan fingerprint density at radius 1 is 1.08 bits per heavy atom. The molecule has 0 radical (unpaired) electrons. The van der Waals surface area contributed by atoms with E-state index >= 15 is 0 Å². The minimum Gasteiger partial charge on any atom is -0.506 e. The molecule has 0 aliphatic carbocycles. The van der Waals surface area contributed by atoms with E-state index < -0.39 is 21.9 Å². The van der Waals surface area contributed by atoms with Gasteiger partial charge in [0.05, 0.1) is 24.5 Å². The standard InChI is InChI=1S/C27H31ClFN3O5S/c1-17(30-16-26(34)20-7-9-25(33)24(13-20)32-38(2,36)37)10-18-4-3-5-19(11-18)12-27(35)31-15-21-6-8-22(29)14-23(21)28/h3-9,11,13-14,17,26,30,32-34H,10,12,15-16H2,1-2H3,(H,31,35)/t17-,26-/m1/s1. The zero-order valence-corrected chi connectivity index (χ0v) is 22.6. The van der Waals surface area contributed by atoms with Gasteiger partial charge in [-0.2, -0.15) is 0 Å². The zero-order valence-electron chi connectivity index (χ0n) is 21.0. The largest absolute Gasteiger partial charge is 0.506 e. The molecule has 0 aromatic heterocycles. The van der Waals surface area contributed by atoms with Crippen molar-refractivity contribution in [2.45, 2.75) is 38.5 Å². The zero-order chi connectivity index (χ0) is 27.9. The Kier molecular flexibility index (Phi) is 10.1. The van der Waals surface area contributed by atoms with Crippen LogP contribution in [0.1, 0.15) is 35.3 Å². The maximum atomic E-state index is 13.2. The third-order valence-electron chi connectivity index (χ3n) is 5.75. The van der Waals surface area contributed by atoms with Crippen LogP contribution in [-0.2, 0) is 34.2 Å². The van der Waals surface area contributed by atoms with Gasteiger partial charge in [0.25, 0.3) is 0 Å². The normalized spacial score (nSPS) is 13.1. The van der Waals surface area contributed by atoms with Crippen molar-refractivity contribution in [3.63, 3.8) is 0 Å². The summed E-state index contributed by atoms with van der Waals surface area (Å²) in [7, 11) is -3.58. The van der Waals surface area contributed by atoms with E-state index in [4.69, 9.17) is 11.6 Å². The quantitative estimate of drug-likeness (QED) is 0.214. The first-order valence-corrected chi connectivity index (χ1v) is 14.2. The molecule has 3 rings (SSSR count). The second kappa shape index (κ2) is 13.1. The van der Waals surface area contributed by atoms with Gasteiger partial charge in [-0.3, -0.25) is 9.52 Å². The Bertz CT molecular complexity index is 1390. The number of aromatic hydroxyl groups is 1. The number of aliphatic hydroxyl groups excluding tert-OH is 1. The summed E-state index contributed by atoms with van der Waals surface area (Å²) in [5, 5.41) is 26.7. The van der Waals surface area contributed by atoms with Gasteiger partial charge in [0.1, 0.15) is 11.6 Å². The third-order valence-corrected chi connectivity index (χ3v) is 6.69. The van der Waals surface area contributed by atoms with Crippen LogP contribution in [0.4, 0.5) is 10.1 Å². The van der Waals surface area contributed by atoms with E-state index in [2.05, 4.69) is 15.4 Å². The van der Waals surface area contributed by atoms with Crippen LogP contribution in [0, 0.1) is 5.82 Å².